The molecule has 1 atom stereocenters. The fourth-order valence-corrected chi connectivity index (χ4v) is 5.45. The molecule has 144 valence electrons. The lowest BCUT2D eigenvalue weighted by Crippen LogP contribution is -2.12. The predicted molar refractivity (Wildman–Crippen MR) is 127 cm³/mol. The van der Waals surface area contributed by atoms with E-state index >= 15 is 0 Å². The zero-order chi connectivity index (χ0) is 19.6. The Morgan fingerprint density at radius 2 is 1.93 bits per heavy atom. The van der Waals surface area contributed by atoms with Crippen LogP contribution in [0.3, 0.4) is 0 Å². The Labute approximate surface area is 176 Å². The molecule has 2 heterocycles. The largest absolute Gasteiger partial charge is 0.264 e. The van der Waals surface area contributed by atoms with Crippen molar-refractivity contribution in [3.8, 4) is 0 Å². The van der Waals surface area contributed by atoms with Gasteiger partial charge in [-0.15, -0.1) is 11.3 Å². The second kappa shape index (κ2) is 7.96. The Morgan fingerprint density at radius 3 is 2.90 bits per heavy atom. The maximum absolute atomic E-state index is 4.09. The van der Waals surface area contributed by atoms with Crippen molar-refractivity contribution in [3.63, 3.8) is 0 Å². The van der Waals surface area contributed by atoms with Crippen LogP contribution in [-0.4, -0.2) is 6.21 Å². The van der Waals surface area contributed by atoms with Crippen LogP contribution in [0.25, 0.3) is 16.3 Å². The van der Waals surface area contributed by atoms with Crippen molar-refractivity contribution in [3.05, 3.63) is 99.4 Å². The maximum atomic E-state index is 4.09. The minimum atomic E-state index is 0.722. The van der Waals surface area contributed by atoms with E-state index in [2.05, 4.69) is 78.0 Å². The number of benzene rings is 2. The van der Waals surface area contributed by atoms with Crippen molar-refractivity contribution in [2.45, 2.75) is 32.6 Å². The van der Waals surface area contributed by atoms with Gasteiger partial charge in [-0.1, -0.05) is 67.1 Å². The number of aliphatic imine (C=N–C) groups is 1. The van der Waals surface area contributed by atoms with Crippen LogP contribution in [0.5, 0.6) is 0 Å². The molecule has 0 spiro atoms. The van der Waals surface area contributed by atoms with Crippen molar-refractivity contribution >= 4 is 33.9 Å². The number of hydrogen-bond acceptors (Lipinski definition) is 2. The van der Waals surface area contributed by atoms with Gasteiger partial charge in [0, 0.05) is 17.3 Å². The molecule has 1 aliphatic heterocycles. The summed E-state index contributed by atoms with van der Waals surface area (Å²) in [6.45, 7) is 2.37. The van der Waals surface area contributed by atoms with E-state index in [1.165, 1.54) is 51.6 Å². The fraction of sp³-hybridized carbons (Fsp3) is 0.222. The lowest BCUT2D eigenvalue weighted by atomic mass is 9.76. The number of aryl methyl sites for hydroxylation is 1. The molecule has 3 aromatic rings. The highest BCUT2D eigenvalue weighted by atomic mass is 32.1. The van der Waals surface area contributed by atoms with Crippen molar-refractivity contribution in [2.75, 3.05) is 0 Å². The molecule has 2 aliphatic carbocycles. The van der Waals surface area contributed by atoms with Gasteiger partial charge in [-0.3, -0.25) is 4.99 Å². The number of rotatable bonds is 0. The lowest BCUT2D eigenvalue weighted by Gasteiger charge is -2.29. The number of fused-ring (bicyclic) bond motifs is 5. The summed E-state index contributed by atoms with van der Waals surface area (Å²) < 4.78 is 0. The molecule has 0 radical (unpaired) electrons. The summed E-state index contributed by atoms with van der Waals surface area (Å²) in [5.74, 6) is 0.722. The molecule has 6 rings (SSSR count). The Hall–Kier alpha value is -2.71. The third-order valence-electron chi connectivity index (χ3n) is 6.19. The average molecular weight is 396 g/mol. The third-order valence-corrected chi connectivity index (χ3v) is 7.09. The van der Waals surface area contributed by atoms with Crippen LogP contribution in [0.1, 0.15) is 41.3 Å². The molecule has 1 aromatic heterocycles. The SMILES string of the molecule is C1=CN=Cc2sccc2C1.CC1CC=CC2=C1CCc1c2ccc2ccccc12. The summed E-state index contributed by atoms with van der Waals surface area (Å²) in [4.78, 5) is 5.39. The van der Waals surface area contributed by atoms with E-state index in [0.717, 1.165) is 12.3 Å². The van der Waals surface area contributed by atoms with Gasteiger partial charge in [-0.25, -0.2) is 0 Å². The van der Waals surface area contributed by atoms with Crippen LogP contribution in [0.2, 0.25) is 0 Å². The number of hydrogen-bond donors (Lipinski definition) is 0. The van der Waals surface area contributed by atoms with Crippen molar-refractivity contribution < 1.29 is 0 Å². The van der Waals surface area contributed by atoms with Gasteiger partial charge < -0.3 is 0 Å². The predicted octanol–water partition coefficient (Wildman–Crippen LogP) is 7.37. The first-order chi connectivity index (χ1) is 14.3. The summed E-state index contributed by atoms with van der Waals surface area (Å²) in [5.41, 5.74) is 7.59. The molecule has 0 amide bonds. The number of allylic oxidation sites excluding steroid dienone is 5. The second-order valence-electron chi connectivity index (χ2n) is 7.97. The van der Waals surface area contributed by atoms with Crippen molar-refractivity contribution in [1.82, 2.24) is 0 Å². The molecule has 29 heavy (non-hydrogen) atoms. The highest BCUT2D eigenvalue weighted by Gasteiger charge is 2.23. The minimum Gasteiger partial charge on any atom is -0.264 e. The van der Waals surface area contributed by atoms with Crippen molar-refractivity contribution in [2.24, 2.45) is 10.9 Å². The first kappa shape index (κ1) is 18.3. The Kier molecular flexibility index (Phi) is 5.03. The van der Waals surface area contributed by atoms with Gasteiger partial charge >= 0.3 is 0 Å². The fourth-order valence-electron chi connectivity index (χ4n) is 4.65. The normalized spacial score (nSPS) is 19.1. The molecule has 2 heteroatoms. The Morgan fingerprint density at radius 1 is 1.00 bits per heavy atom. The smallest absolute Gasteiger partial charge is 0.0488 e. The molecule has 0 saturated heterocycles. The first-order valence-electron chi connectivity index (χ1n) is 10.5. The molecule has 0 N–H and O–H groups in total. The van der Waals surface area contributed by atoms with Crippen LogP contribution >= 0.6 is 11.3 Å². The minimum absolute atomic E-state index is 0.722. The monoisotopic (exact) mass is 395 g/mol. The summed E-state index contributed by atoms with van der Waals surface area (Å²) >= 11 is 1.75. The summed E-state index contributed by atoms with van der Waals surface area (Å²) in [6, 6.07) is 15.5. The lowest BCUT2D eigenvalue weighted by molar-refractivity contribution is 0.645. The van der Waals surface area contributed by atoms with Crippen molar-refractivity contribution in [1.29, 1.82) is 0 Å². The molecule has 0 saturated carbocycles. The molecule has 0 bridgehead atoms. The zero-order valence-electron chi connectivity index (χ0n) is 16.8. The van der Waals surface area contributed by atoms with Gasteiger partial charge in [0.2, 0.25) is 0 Å². The topological polar surface area (TPSA) is 12.4 Å². The summed E-state index contributed by atoms with van der Waals surface area (Å²) in [7, 11) is 0. The van der Waals surface area contributed by atoms with Crippen LogP contribution < -0.4 is 0 Å². The highest BCUT2D eigenvalue weighted by Crippen LogP contribution is 2.41. The van der Waals surface area contributed by atoms with Gasteiger partial charge in [0.15, 0.2) is 0 Å². The van der Waals surface area contributed by atoms with E-state index in [-0.39, 0.29) is 0 Å². The number of nitrogens with zero attached hydrogens (tertiary/aromatic N) is 1. The van der Waals surface area contributed by atoms with E-state index in [0.29, 0.717) is 0 Å². The molecule has 1 unspecified atom stereocenters. The zero-order valence-corrected chi connectivity index (χ0v) is 17.6. The van der Waals surface area contributed by atoms with Crippen LogP contribution in [-0.2, 0) is 12.8 Å². The standard InChI is InChI=1S/C19H18.C8H7NS/c1-13-5-4-8-17-15(13)11-12-18-16-7-3-2-6-14(16)9-10-19(17)18;1-2-7-3-5-10-8(7)6-9-4-1/h2-4,6-10,13H,5,11-12H2,1H3;1,3-6H,2H2. The van der Waals surface area contributed by atoms with E-state index in [4.69, 9.17) is 0 Å². The molecule has 1 nitrogen and oxygen atoms in total. The molecular weight excluding hydrogens is 370 g/mol. The molecular formula is C27H25NS. The first-order valence-corrected chi connectivity index (χ1v) is 11.3. The van der Waals surface area contributed by atoms with Crippen LogP contribution in [0, 0.1) is 5.92 Å². The molecule has 3 aliphatic rings. The highest BCUT2D eigenvalue weighted by molar-refractivity contribution is 7.11. The Bertz CT molecular complexity index is 1170. The van der Waals surface area contributed by atoms with E-state index in [1.54, 1.807) is 22.5 Å². The van der Waals surface area contributed by atoms with Crippen LogP contribution in [0.4, 0.5) is 0 Å². The number of thiophene rings is 1. The second-order valence-corrected chi connectivity index (χ2v) is 8.92. The summed E-state index contributed by atoms with van der Waals surface area (Å²) in [6.07, 6.45) is 15.2. The van der Waals surface area contributed by atoms with Gasteiger partial charge in [0.25, 0.3) is 0 Å². The van der Waals surface area contributed by atoms with E-state index in [1.807, 2.05) is 12.4 Å². The van der Waals surface area contributed by atoms with Gasteiger partial charge in [0.1, 0.15) is 0 Å². The summed E-state index contributed by atoms with van der Waals surface area (Å²) in [5, 5.41) is 4.92. The van der Waals surface area contributed by atoms with Crippen LogP contribution in [0.15, 0.2) is 82.8 Å². The quantitative estimate of drug-likeness (QED) is 0.377. The Balaban J connectivity index is 0.000000153. The average Bonchev–Trinajstić information content (AvgIpc) is 3.10. The van der Waals surface area contributed by atoms with E-state index < -0.39 is 0 Å². The molecule has 2 aromatic carbocycles. The third kappa shape index (κ3) is 3.54. The molecule has 0 fully saturated rings. The van der Waals surface area contributed by atoms with Gasteiger partial charge in [-0.05, 0) is 76.1 Å². The maximum Gasteiger partial charge on any atom is 0.0488 e. The van der Waals surface area contributed by atoms with Gasteiger partial charge in [0.05, 0.1) is 0 Å². The van der Waals surface area contributed by atoms with E-state index in [9.17, 15) is 0 Å². The van der Waals surface area contributed by atoms with Gasteiger partial charge in [-0.2, -0.15) is 0 Å².